The molecule has 5 heteroatoms. The van der Waals surface area contributed by atoms with Gasteiger partial charge in [-0.25, -0.2) is 0 Å². The molecule has 0 spiro atoms. The zero-order chi connectivity index (χ0) is 12.8. The van der Waals surface area contributed by atoms with Crippen molar-refractivity contribution in [2.45, 2.75) is 19.4 Å². The first kappa shape index (κ1) is 13.1. The van der Waals surface area contributed by atoms with E-state index in [2.05, 4.69) is 5.32 Å². The van der Waals surface area contributed by atoms with Gasteiger partial charge in [0.05, 0.1) is 6.61 Å². The SMILES string of the molecule is COCc1ccc(C(=O)NC[C@@H]2CCCOC2)o1. The summed E-state index contributed by atoms with van der Waals surface area (Å²) < 4.78 is 15.7. The van der Waals surface area contributed by atoms with Crippen LogP contribution in [0.1, 0.15) is 29.2 Å². The van der Waals surface area contributed by atoms with Crippen LogP contribution in [-0.2, 0) is 16.1 Å². The molecule has 1 aromatic heterocycles. The van der Waals surface area contributed by atoms with Gasteiger partial charge < -0.3 is 19.2 Å². The van der Waals surface area contributed by atoms with Crippen LogP contribution in [0.4, 0.5) is 0 Å². The van der Waals surface area contributed by atoms with Gasteiger partial charge in [0.25, 0.3) is 5.91 Å². The molecule has 0 aromatic carbocycles. The van der Waals surface area contributed by atoms with Crippen molar-refractivity contribution in [3.63, 3.8) is 0 Å². The molecule has 0 bridgehead atoms. The number of hydrogen-bond acceptors (Lipinski definition) is 4. The van der Waals surface area contributed by atoms with E-state index < -0.39 is 0 Å². The van der Waals surface area contributed by atoms with Crippen LogP contribution in [0.5, 0.6) is 0 Å². The Kier molecular flexibility index (Phi) is 4.78. The number of ether oxygens (including phenoxy) is 2. The normalized spacial score (nSPS) is 19.7. The third kappa shape index (κ3) is 3.58. The third-order valence-electron chi connectivity index (χ3n) is 2.98. The number of carbonyl (C=O) groups is 1. The number of hydrogen-bond donors (Lipinski definition) is 1. The Hall–Kier alpha value is -1.33. The van der Waals surface area contributed by atoms with Gasteiger partial charge in [0.15, 0.2) is 5.76 Å². The highest BCUT2D eigenvalue weighted by Gasteiger charge is 2.16. The van der Waals surface area contributed by atoms with E-state index in [4.69, 9.17) is 13.9 Å². The number of furan rings is 1. The minimum Gasteiger partial charge on any atom is -0.453 e. The molecule has 1 aromatic rings. The smallest absolute Gasteiger partial charge is 0.287 e. The summed E-state index contributed by atoms with van der Waals surface area (Å²) in [5.41, 5.74) is 0. The van der Waals surface area contributed by atoms with Gasteiger partial charge in [-0.15, -0.1) is 0 Å². The molecule has 2 rings (SSSR count). The Balaban J connectivity index is 1.79. The predicted molar refractivity (Wildman–Crippen MR) is 65.3 cm³/mol. The second kappa shape index (κ2) is 6.56. The summed E-state index contributed by atoms with van der Waals surface area (Å²) in [6.07, 6.45) is 2.17. The first-order chi connectivity index (χ1) is 8.79. The lowest BCUT2D eigenvalue weighted by Gasteiger charge is -2.21. The van der Waals surface area contributed by atoms with Gasteiger partial charge in [-0.05, 0) is 30.9 Å². The van der Waals surface area contributed by atoms with E-state index in [1.165, 1.54) is 0 Å². The molecule has 1 N–H and O–H groups in total. The molecule has 1 amide bonds. The molecular weight excluding hydrogens is 234 g/mol. The number of methoxy groups -OCH3 is 1. The van der Waals surface area contributed by atoms with E-state index in [-0.39, 0.29) is 5.91 Å². The van der Waals surface area contributed by atoms with Gasteiger partial charge in [-0.1, -0.05) is 0 Å². The summed E-state index contributed by atoms with van der Waals surface area (Å²) in [5, 5.41) is 2.87. The van der Waals surface area contributed by atoms with Crippen LogP contribution in [0, 0.1) is 5.92 Å². The Labute approximate surface area is 106 Å². The lowest BCUT2D eigenvalue weighted by atomic mass is 10.0. The van der Waals surface area contributed by atoms with Crippen molar-refractivity contribution in [1.29, 1.82) is 0 Å². The second-order valence-electron chi connectivity index (χ2n) is 4.49. The summed E-state index contributed by atoms with van der Waals surface area (Å²) in [4.78, 5) is 11.8. The van der Waals surface area contributed by atoms with Gasteiger partial charge in [0, 0.05) is 20.3 Å². The maximum atomic E-state index is 11.8. The molecule has 100 valence electrons. The van der Waals surface area contributed by atoms with Crippen LogP contribution in [0.2, 0.25) is 0 Å². The van der Waals surface area contributed by atoms with Gasteiger partial charge in [0.1, 0.15) is 12.4 Å². The van der Waals surface area contributed by atoms with Crippen LogP contribution in [-0.4, -0.2) is 32.8 Å². The Morgan fingerprint density at radius 2 is 2.44 bits per heavy atom. The fourth-order valence-electron chi connectivity index (χ4n) is 2.01. The fourth-order valence-corrected chi connectivity index (χ4v) is 2.01. The van der Waals surface area contributed by atoms with E-state index in [1.54, 1.807) is 19.2 Å². The zero-order valence-corrected chi connectivity index (χ0v) is 10.6. The summed E-state index contributed by atoms with van der Waals surface area (Å²) in [6.45, 7) is 2.58. The second-order valence-corrected chi connectivity index (χ2v) is 4.49. The Bertz CT molecular complexity index is 382. The molecule has 18 heavy (non-hydrogen) atoms. The number of carbonyl (C=O) groups excluding carboxylic acids is 1. The molecule has 0 aliphatic carbocycles. The third-order valence-corrected chi connectivity index (χ3v) is 2.98. The summed E-state index contributed by atoms with van der Waals surface area (Å²) in [5.74, 6) is 1.22. The fraction of sp³-hybridized carbons (Fsp3) is 0.615. The van der Waals surface area contributed by atoms with Crippen LogP contribution in [0.3, 0.4) is 0 Å². The molecular formula is C13H19NO4. The molecule has 1 saturated heterocycles. The van der Waals surface area contributed by atoms with Crippen LogP contribution in [0.15, 0.2) is 16.5 Å². The van der Waals surface area contributed by atoms with Gasteiger partial charge >= 0.3 is 0 Å². The first-order valence-electron chi connectivity index (χ1n) is 6.23. The number of amides is 1. The average Bonchev–Trinajstić information content (AvgIpc) is 2.86. The van der Waals surface area contributed by atoms with Crippen molar-refractivity contribution in [1.82, 2.24) is 5.32 Å². The van der Waals surface area contributed by atoms with Gasteiger partial charge in [-0.2, -0.15) is 0 Å². The minimum absolute atomic E-state index is 0.178. The van der Waals surface area contributed by atoms with E-state index in [1.807, 2.05) is 0 Å². The molecule has 0 saturated carbocycles. The van der Waals surface area contributed by atoms with Crippen LogP contribution < -0.4 is 5.32 Å². The van der Waals surface area contributed by atoms with Crippen LogP contribution in [0.25, 0.3) is 0 Å². The Morgan fingerprint density at radius 1 is 1.56 bits per heavy atom. The van der Waals surface area contributed by atoms with E-state index in [9.17, 15) is 4.79 Å². The van der Waals surface area contributed by atoms with Gasteiger partial charge in [-0.3, -0.25) is 4.79 Å². The molecule has 1 fully saturated rings. The van der Waals surface area contributed by atoms with Crippen LogP contribution >= 0.6 is 0 Å². The molecule has 1 aliphatic rings. The maximum absolute atomic E-state index is 11.8. The summed E-state index contributed by atoms with van der Waals surface area (Å²) >= 11 is 0. The Morgan fingerprint density at radius 3 is 3.17 bits per heavy atom. The van der Waals surface area contributed by atoms with Crippen molar-refractivity contribution in [2.24, 2.45) is 5.92 Å². The first-order valence-corrected chi connectivity index (χ1v) is 6.23. The number of nitrogens with one attached hydrogen (secondary N) is 1. The number of rotatable bonds is 5. The lowest BCUT2D eigenvalue weighted by Crippen LogP contribution is -2.33. The summed E-state index contributed by atoms with van der Waals surface area (Å²) in [7, 11) is 1.59. The highest BCUT2D eigenvalue weighted by molar-refractivity contribution is 5.91. The highest BCUT2D eigenvalue weighted by Crippen LogP contribution is 2.13. The molecule has 0 unspecified atom stereocenters. The minimum atomic E-state index is -0.178. The molecule has 0 radical (unpaired) electrons. The zero-order valence-electron chi connectivity index (χ0n) is 10.6. The van der Waals surface area contributed by atoms with Crippen molar-refractivity contribution in [2.75, 3.05) is 26.9 Å². The molecule has 1 atom stereocenters. The van der Waals surface area contributed by atoms with Gasteiger partial charge in [0.2, 0.25) is 0 Å². The van der Waals surface area contributed by atoms with E-state index in [0.29, 0.717) is 30.6 Å². The van der Waals surface area contributed by atoms with E-state index >= 15 is 0 Å². The lowest BCUT2D eigenvalue weighted by molar-refractivity contribution is 0.0532. The molecule has 1 aliphatic heterocycles. The highest BCUT2D eigenvalue weighted by atomic mass is 16.5. The van der Waals surface area contributed by atoms with Crippen molar-refractivity contribution in [3.8, 4) is 0 Å². The monoisotopic (exact) mass is 253 g/mol. The maximum Gasteiger partial charge on any atom is 0.287 e. The summed E-state index contributed by atoms with van der Waals surface area (Å²) in [6, 6.07) is 3.42. The molecule has 2 heterocycles. The van der Waals surface area contributed by atoms with E-state index in [0.717, 1.165) is 26.1 Å². The van der Waals surface area contributed by atoms with Crippen molar-refractivity contribution >= 4 is 5.91 Å². The average molecular weight is 253 g/mol. The molecule has 5 nitrogen and oxygen atoms in total. The van der Waals surface area contributed by atoms with Crippen molar-refractivity contribution in [3.05, 3.63) is 23.7 Å². The topological polar surface area (TPSA) is 60.7 Å². The largest absolute Gasteiger partial charge is 0.453 e. The van der Waals surface area contributed by atoms with Crippen molar-refractivity contribution < 1.29 is 18.7 Å². The quantitative estimate of drug-likeness (QED) is 0.865. The predicted octanol–water partition coefficient (Wildman–Crippen LogP) is 1.58. The standard InChI is InChI=1S/C13H19NO4/c1-16-9-11-4-5-12(18-11)13(15)14-7-10-3-2-6-17-8-10/h4-5,10H,2-3,6-9H2,1H3,(H,14,15)/t10-/m0/s1.